The molecule has 0 aliphatic heterocycles. The number of hydrogen-bond acceptors (Lipinski definition) is 6. The van der Waals surface area contributed by atoms with Gasteiger partial charge >= 0.3 is 0 Å². The van der Waals surface area contributed by atoms with Gasteiger partial charge in [-0.1, -0.05) is 6.92 Å². The van der Waals surface area contributed by atoms with Crippen molar-refractivity contribution in [3.8, 4) is 11.4 Å². The third-order valence-electron chi connectivity index (χ3n) is 2.24. The molecule has 0 bridgehead atoms. The number of aromatic nitrogens is 5. The fourth-order valence-corrected chi connectivity index (χ4v) is 2.19. The van der Waals surface area contributed by atoms with Gasteiger partial charge in [0.25, 0.3) is 15.2 Å². The van der Waals surface area contributed by atoms with E-state index >= 15 is 0 Å². The summed E-state index contributed by atoms with van der Waals surface area (Å²) in [5, 5.41) is 12.3. The largest absolute Gasteiger partial charge is 0.297 e. The molecule has 0 aliphatic carbocycles. The first-order valence-electron chi connectivity index (χ1n) is 5.25. The molecular weight excluding hydrogens is 256 g/mol. The van der Waals surface area contributed by atoms with Crippen LogP contribution in [-0.2, 0) is 16.6 Å². The van der Waals surface area contributed by atoms with Crippen LogP contribution >= 0.6 is 0 Å². The number of sulfonamides is 1. The van der Waals surface area contributed by atoms with E-state index in [-0.39, 0.29) is 5.16 Å². The summed E-state index contributed by atoms with van der Waals surface area (Å²) in [5.41, 5.74) is 0.591. The average molecular weight is 268 g/mol. The van der Waals surface area contributed by atoms with E-state index in [2.05, 4.69) is 20.2 Å². The highest BCUT2D eigenvalue weighted by Gasteiger charge is 2.21. The van der Waals surface area contributed by atoms with Crippen molar-refractivity contribution in [2.75, 3.05) is 0 Å². The van der Waals surface area contributed by atoms with Crippen molar-refractivity contribution in [1.29, 1.82) is 0 Å². The lowest BCUT2D eigenvalue weighted by Crippen LogP contribution is -2.19. The topological polar surface area (TPSA) is 117 Å². The first-order chi connectivity index (χ1) is 8.54. The second kappa shape index (κ2) is 4.78. The fraction of sp³-hybridized carbons (Fsp3) is 0.333. The number of rotatable bonds is 4. The molecule has 0 atom stereocenters. The van der Waals surface area contributed by atoms with Crippen molar-refractivity contribution < 1.29 is 8.42 Å². The smallest absolute Gasteiger partial charge is 0.273 e. The summed E-state index contributed by atoms with van der Waals surface area (Å²) in [6.45, 7) is 2.36. The van der Waals surface area contributed by atoms with Gasteiger partial charge in [-0.15, -0.1) is 10.2 Å². The van der Waals surface area contributed by atoms with Crippen molar-refractivity contribution >= 4 is 10.0 Å². The molecule has 0 saturated heterocycles. The Hall–Kier alpha value is -1.87. The van der Waals surface area contributed by atoms with Gasteiger partial charge in [0.05, 0.1) is 5.56 Å². The van der Waals surface area contributed by atoms with Gasteiger partial charge in [-0.2, -0.15) is 0 Å². The molecule has 2 rings (SSSR count). The maximum atomic E-state index is 11.4. The molecule has 0 aliphatic rings. The Labute approximate surface area is 104 Å². The maximum absolute atomic E-state index is 11.4. The van der Waals surface area contributed by atoms with Crippen molar-refractivity contribution in [2.24, 2.45) is 5.14 Å². The Morgan fingerprint density at radius 1 is 1.28 bits per heavy atom. The molecule has 2 N–H and O–H groups in total. The van der Waals surface area contributed by atoms with Crippen LogP contribution in [0.3, 0.4) is 0 Å². The predicted octanol–water partition coefficient (Wildman–Crippen LogP) is -0.207. The highest BCUT2D eigenvalue weighted by atomic mass is 32.2. The minimum Gasteiger partial charge on any atom is -0.297 e. The summed E-state index contributed by atoms with van der Waals surface area (Å²) < 4.78 is 24.2. The Morgan fingerprint density at radius 3 is 2.50 bits per heavy atom. The molecule has 2 aromatic heterocycles. The van der Waals surface area contributed by atoms with Crippen LogP contribution in [0, 0.1) is 0 Å². The van der Waals surface area contributed by atoms with Crippen molar-refractivity contribution in [1.82, 2.24) is 24.7 Å². The van der Waals surface area contributed by atoms with Crippen molar-refractivity contribution in [3.05, 3.63) is 18.7 Å². The van der Waals surface area contributed by atoms with Crippen LogP contribution in [0.15, 0.2) is 23.9 Å². The van der Waals surface area contributed by atoms with Gasteiger partial charge < -0.3 is 0 Å². The van der Waals surface area contributed by atoms with E-state index in [0.717, 1.165) is 6.42 Å². The summed E-state index contributed by atoms with van der Waals surface area (Å²) in [6.07, 6.45) is 5.18. The lowest BCUT2D eigenvalue weighted by molar-refractivity contribution is 0.559. The van der Waals surface area contributed by atoms with Gasteiger partial charge in [0.15, 0.2) is 5.82 Å². The van der Waals surface area contributed by atoms with Crippen LogP contribution in [0.4, 0.5) is 0 Å². The monoisotopic (exact) mass is 268 g/mol. The van der Waals surface area contributed by atoms with Crippen LogP contribution in [-0.4, -0.2) is 33.2 Å². The molecule has 0 spiro atoms. The van der Waals surface area contributed by atoms with Gasteiger partial charge in [-0.25, -0.2) is 23.5 Å². The van der Waals surface area contributed by atoms with E-state index < -0.39 is 10.0 Å². The van der Waals surface area contributed by atoms with Crippen LogP contribution < -0.4 is 5.14 Å². The number of nitrogens with zero attached hydrogens (tertiary/aromatic N) is 5. The molecule has 0 amide bonds. The zero-order valence-corrected chi connectivity index (χ0v) is 10.5. The molecule has 9 heteroatoms. The maximum Gasteiger partial charge on any atom is 0.273 e. The normalized spacial score (nSPS) is 11.7. The summed E-state index contributed by atoms with van der Waals surface area (Å²) in [4.78, 5) is 7.72. The average Bonchev–Trinajstić information content (AvgIpc) is 2.74. The molecule has 0 saturated carbocycles. The van der Waals surface area contributed by atoms with E-state index in [1.807, 2.05) is 6.92 Å². The molecule has 0 aromatic carbocycles. The first kappa shape index (κ1) is 12.6. The molecule has 2 heterocycles. The summed E-state index contributed by atoms with van der Waals surface area (Å²) in [7, 11) is -3.89. The lowest BCUT2D eigenvalue weighted by atomic mass is 10.3. The van der Waals surface area contributed by atoms with Gasteiger partial charge in [-0.3, -0.25) is 4.57 Å². The minimum atomic E-state index is -3.89. The Bertz CT molecular complexity index is 636. The number of nitrogens with two attached hydrogens (primary N) is 1. The van der Waals surface area contributed by atoms with Gasteiger partial charge in [0.1, 0.15) is 6.33 Å². The highest BCUT2D eigenvalue weighted by Crippen LogP contribution is 2.18. The van der Waals surface area contributed by atoms with E-state index in [0.29, 0.717) is 17.9 Å². The standard InChI is InChI=1S/C9H12N6O2S/c1-2-3-15-8(7-4-11-6-12-5-7)13-14-9(15)18(10,16)17/h4-6H,2-3H2,1H3,(H2,10,16,17). The van der Waals surface area contributed by atoms with E-state index in [1.165, 1.54) is 23.3 Å². The Kier molecular flexibility index (Phi) is 3.34. The predicted molar refractivity (Wildman–Crippen MR) is 62.7 cm³/mol. The third kappa shape index (κ3) is 2.36. The zero-order valence-electron chi connectivity index (χ0n) is 9.68. The van der Waals surface area contributed by atoms with Crippen LogP contribution in [0.5, 0.6) is 0 Å². The van der Waals surface area contributed by atoms with E-state index in [9.17, 15) is 8.42 Å². The molecule has 0 unspecified atom stereocenters. The molecule has 2 aromatic rings. The lowest BCUT2D eigenvalue weighted by Gasteiger charge is -2.06. The van der Waals surface area contributed by atoms with Crippen LogP contribution in [0.2, 0.25) is 0 Å². The quantitative estimate of drug-likeness (QED) is 0.820. The molecule has 0 radical (unpaired) electrons. The Balaban J connectivity index is 2.60. The number of primary sulfonamides is 1. The summed E-state index contributed by atoms with van der Waals surface area (Å²) in [5.74, 6) is 0.390. The third-order valence-corrected chi connectivity index (χ3v) is 3.05. The van der Waals surface area contributed by atoms with Gasteiger partial charge in [-0.05, 0) is 6.42 Å². The zero-order chi connectivity index (χ0) is 13.2. The molecular formula is C9H12N6O2S. The molecule has 8 nitrogen and oxygen atoms in total. The molecule has 18 heavy (non-hydrogen) atoms. The second-order valence-electron chi connectivity index (χ2n) is 3.63. The summed E-state index contributed by atoms with van der Waals surface area (Å²) >= 11 is 0. The van der Waals surface area contributed by atoms with Crippen LogP contribution in [0.1, 0.15) is 13.3 Å². The summed E-state index contributed by atoms with van der Waals surface area (Å²) in [6, 6.07) is 0. The SMILES string of the molecule is CCCn1c(-c2cncnc2)nnc1S(N)(=O)=O. The Morgan fingerprint density at radius 2 is 1.94 bits per heavy atom. The van der Waals surface area contributed by atoms with Crippen LogP contribution in [0.25, 0.3) is 11.4 Å². The van der Waals surface area contributed by atoms with Crippen molar-refractivity contribution in [3.63, 3.8) is 0 Å². The minimum absolute atomic E-state index is 0.247. The van der Waals surface area contributed by atoms with E-state index in [1.54, 1.807) is 0 Å². The van der Waals surface area contributed by atoms with Gasteiger partial charge in [0.2, 0.25) is 0 Å². The second-order valence-corrected chi connectivity index (χ2v) is 5.09. The molecule has 0 fully saturated rings. The fourth-order valence-electron chi connectivity index (χ4n) is 1.55. The van der Waals surface area contributed by atoms with E-state index in [4.69, 9.17) is 5.14 Å². The first-order valence-corrected chi connectivity index (χ1v) is 6.80. The number of hydrogen-bond donors (Lipinski definition) is 1. The van der Waals surface area contributed by atoms with Gasteiger partial charge in [0, 0.05) is 18.9 Å². The highest BCUT2D eigenvalue weighted by molar-refractivity contribution is 7.89. The molecule has 96 valence electrons. The van der Waals surface area contributed by atoms with Crippen molar-refractivity contribution in [2.45, 2.75) is 25.0 Å².